The van der Waals surface area contributed by atoms with Gasteiger partial charge in [-0.05, 0) is 42.3 Å². The Morgan fingerprint density at radius 3 is 2.57 bits per heavy atom. The predicted octanol–water partition coefficient (Wildman–Crippen LogP) is 4.08. The molecule has 0 radical (unpaired) electrons. The van der Waals surface area contributed by atoms with Gasteiger partial charge in [0.1, 0.15) is 0 Å². The van der Waals surface area contributed by atoms with Crippen LogP contribution in [0.3, 0.4) is 0 Å². The molecule has 0 aliphatic carbocycles. The highest BCUT2D eigenvalue weighted by atomic mass is 32.1. The molecule has 1 aliphatic heterocycles. The highest BCUT2D eigenvalue weighted by Gasteiger charge is 2.35. The van der Waals surface area contributed by atoms with Gasteiger partial charge in [-0.3, -0.25) is 9.69 Å². The number of nitrogens with zero attached hydrogens (tertiary/aromatic N) is 2. The van der Waals surface area contributed by atoms with Gasteiger partial charge in [-0.15, -0.1) is 11.3 Å². The van der Waals surface area contributed by atoms with Crippen LogP contribution < -0.4 is 0 Å². The minimum Gasteiger partial charge on any atom is -0.383 e. The van der Waals surface area contributed by atoms with Crippen molar-refractivity contribution >= 4 is 17.2 Å². The summed E-state index contributed by atoms with van der Waals surface area (Å²) in [5.41, 5.74) is 4.05. The smallest absolute Gasteiger partial charge is 0.219 e. The average Bonchev–Trinajstić information content (AvgIpc) is 3.25. The lowest BCUT2D eigenvalue weighted by Gasteiger charge is -2.27. The van der Waals surface area contributed by atoms with Gasteiger partial charge in [-0.2, -0.15) is 0 Å². The zero-order valence-electron chi connectivity index (χ0n) is 17.5. The van der Waals surface area contributed by atoms with Crippen molar-refractivity contribution in [3.05, 3.63) is 57.3 Å². The van der Waals surface area contributed by atoms with E-state index in [2.05, 4.69) is 54.5 Å². The molecule has 2 atom stereocenters. The molecule has 1 amide bonds. The fourth-order valence-corrected chi connectivity index (χ4v) is 5.04. The minimum atomic E-state index is 0.132. The number of benzene rings is 1. The number of likely N-dealkylation sites (tertiary alicyclic amines) is 1. The molecule has 5 heteroatoms. The molecule has 1 aromatic heterocycles. The van der Waals surface area contributed by atoms with Crippen LogP contribution in [0.25, 0.3) is 0 Å². The van der Waals surface area contributed by atoms with Gasteiger partial charge in [0, 0.05) is 57.6 Å². The molecule has 0 N–H and O–H groups in total. The van der Waals surface area contributed by atoms with Gasteiger partial charge < -0.3 is 9.64 Å². The van der Waals surface area contributed by atoms with E-state index in [1.165, 1.54) is 21.6 Å². The second-order valence-corrected chi connectivity index (χ2v) is 8.96. The van der Waals surface area contributed by atoms with E-state index in [9.17, 15) is 4.79 Å². The standard InChI is InChI=1S/C23H32N2O2S/c1-17-5-7-20(8-6-17)22-15-24(16-23-18(2)9-12-28-23)13-21(22)14-25(19(3)26)10-11-27-4/h5-9,12,21-22H,10-11,13-16H2,1-4H3. The average molecular weight is 401 g/mol. The summed E-state index contributed by atoms with van der Waals surface area (Å²) in [6.07, 6.45) is 0. The maximum atomic E-state index is 12.2. The van der Waals surface area contributed by atoms with E-state index in [4.69, 9.17) is 4.74 Å². The largest absolute Gasteiger partial charge is 0.383 e. The van der Waals surface area contributed by atoms with E-state index in [1.807, 2.05) is 16.2 Å². The third-order valence-electron chi connectivity index (χ3n) is 5.82. The lowest BCUT2D eigenvalue weighted by Crippen LogP contribution is -2.38. The van der Waals surface area contributed by atoms with Crippen LogP contribution in [-0.2, 0) is 16.1 Å². The van der Waals surface area contributed by atoms with E-state index in [-0.39, 0.29) is 5.91 Å². The van der Waals surface area contributed by atoms with Gasteiger partial charge in [0.2, 0.25) is 5.91 Å². The van der Waals surface area contributed by atoms with E-state index in [0.717, 1.165) is 26.2 Å². The first-order chi connectivity index (χ1) is 13.5. The summed E-state index contributed by atoms with van der Waals surface area (Å²) in [4.78, 5) is 18.1. The first kappa shape index (κ1) is 21.0. The van der Waals surface area contributed by atoms with E-state index in [0.29, 0.717) is 25.0 Å². The van der Waals surface area contributed by atoms with Crippen LogP contribution in [0.2, 0.25) is 0 Å². The van der Waals surface area contributed by atoms with Crippen molar-refractivity contribution in [2.75, 3.05) is 39.9 Å². The Labute approximate surface area is 173 Å². The summed E-state index contributed by atoms with van der Waals surface area (Å²) >= 11 is 1.84. The summed E-state index contributed by atoms with van der Waals surface area (Å²) in [5.74, 6) is 1.02. The predicted molar refractivity (Wildman–Crippen MR) is 116 cm³/mol. The highest BCUT2D eigenvalue weighted by Crippen LogP contribution is 2.35. The number of carbonyl (C=O) groups excluding carboxylic acids is 1. The van der Waals surface area contributed by atoms with Crippen molar-refractivity contribution in [1.29, 1.82) is 0 Å². The second-order valence-electron chi connectivity index (χ2n) is 7.96. The molecule has 2 heterocycles. The van der Waals surface area contributed by atoms with Gasteiger partial charge in [0.25, 0.3) is 0 Å². The molecule has 4 nitrogen and oxygen atoms in total. The fourth-order valence-electron chi connectivity index (χ4n) is 4.10. The molecule has 3 rings (SSSR count). The van der Waals surface area contributed by atoms with Gasteiger partial charge in [-0.25, -0.2) is 0 Å². The maximum absolute atomic E-state index is 12.2. The molecule has 1 saturated heterocycles. The zero-order chi connectivity index (χ0) is 20.1. The minimum absolute atomic E-state index is 0.132. The molecular formula is C23H32N2O2S. The monoisotopic (exact) mass is 400 g/mol. The van der Waals surface area contributed by atoms with Crippen LogP contribution in [0.5, 0.6) is 0 Å². The first-order valence-electron chi connectivity index (χ1n) is 10.0. The number of amides is 1. The zero-order valence-corrected chi connectivity index (χ0v) is 18.3. The van der Waals surface area contributed by atoms with Crippen LogP contribution in [0.1, 0.15) is 34.4 Å². The molecular weight excluding hydrogens is 368 g/mol. The summed E-state index contributed by atoms with van der Waals surface area (Å²) < 4.78 is 5.21. The number of rotatable bonds is 8. The Morgan fingerprint density at radius 1 is 1.21 bits per heavy atom. The topological polar surface area (TPSA) is 32.8 Å². The second kappa shape index (κ2) is 9.68. The van der Waals surface area contributed by atoms with Crippen molar-refractivity contribution in [2.24, 2.45) is 5.92 Å². The van der Waals surface area contributed by atoms with E-state index < -0.39 is 0 Å². The van der Waals surface area contributed by atoms with Crippen LogP contribution >= 0.6 is 11.3 Å². The number of methoxy groups -OCH3 is 1. The highest BCUT2D eigenvalue weighted by molar-refractivity contribution is 7.10. The molecule has 2 aromatic rings. The van der Waals surface area contributed by atoms with Gasteiger partial charge in [-0.1, -0.05) is 29.8 Å². The summed E-state index contributed by atoms with van der Waals surface area (Å²) in [5, 5.41) is 2.18. The molecule has 0 saturated carbocycles. The molecule has 1 aromatic carbocycles. The molecule has 0 spiro atoms. The number of hydrogen-bond donors (Lipinski definition) is 0. The molecule has 1 aliphatic rings. The van der Waals surface area contributed by atoms with Crippen LogP contribution in [0.15, 0.2) is 35.7 Å². The van der Waals surface area contributed by atoms with E-state index in [1.54, 1.807) is 14.0 Å². The molecule has 2 unspecified atom stereocenters. The summed E-state index contributed by atoms with van der Waals surface area (Å²) in [6.45, 7) is 11.1. The lowest BCUT2D eigenvalue weighted by molar-refractivity contribution is -0.130. The SMILES string of the molecule is COCCN(CC1CN(Cc2sccc2C)CC1c1ccc(C)cc1)C(C)=O. The number of ether oxygens (including phenoxy) is 1. The van der Waals surface area contributed by atoms with Crippen molar-refractivity contribution in [1.82, 2.24) is 9.80 Å². The maximum Gasteiger partial charge on any atom is 0.219 e. The Hall–Kier alpha value is -1.69. The summed E-state index contributed by atoms with van der Waals surface area (Å²) in [7, 11) is 1.69. The van der Waals surface area contributed by atoms with Gasteiger partial charge in [0.05, 0.1) is 6.61 Å². The Balaban J connectivity index is 1.77. The Morgan fingerprint density at radius 2 is 1.96 bits per heavy atom. The van der Waals surface area contributed by atoms with Crippen LogP contribution in [-0.4, -0.2) is 55.6 Å². The van der Waals surface area contributed by atoms with Gasteiger partial charge >= 0.3 is 0 Å². The molecule has 152 valence electrons. The molecule has 28 heavy (non-hydrogen) atoms. The Bertz CT molecular complexity index is 771. The fraction of sp³-hybridized carbons (Fsp3) is 0.522. The number of hydrogen-bond acceptors (Lipinski definition) is 4. The van der Waals surface area contributed by atoms with Crippen molar-refractivity contribution in [3.63, 3.8) is 0 Å². The molecule has 1 fully saturated rings. The summed E-state index contributed by atoms with van der Waals surface area (Å²) in [6, 6.07) is 11.1. The quantitative estimate of drug-likeness (QED) is 0.669. The first-order valence-corrected chi connectivity index (χ1v) is 10.9. The van der Waals surface area contributed by atoms with Crippen molar-refractivity contribution < 1.29 is 9.53 Å². The number of aryl methyl sites for hydroxylation is 2. The van der Waals surface area contributed by atoms with Crippen LogP contribution in [0, 0.1) is 19.8 Å². The van der Waals surface area contributed by atoms with Crippen molar-refractivity contribution in [3.8, 4) is 0 Å². The third kappa shape index (κ3) is 5.22. The lowest BCUT2D eigenvalue weighted by atomic mass is 9.88. The number of thiophene rings is 1. The van der Waals surface area contributed by atoms with E-state index >= 15 is 0 Å². The van der Waals surface area contributed by atoms with Crippen LogP contribution in [0.4, 0.5) is 0 Å². The number of carbonyl (C=O) groups is 1. The van der Waals surface area contributed by atoms with Gasteiger partial charge in [0.15, 0.2) is 0 Å². The normalized spacial score (nSPS) is 19.9. The Kier molecular flexibility index (Phi) is 7.27. The third-order valence-corrected chi connectivity index (χ3v) is 6.83. The van der Waals surface area contributed by atoms with Crippen molar-refractivity contribution in [2.45, 2.75) is 33.2 Å². The molecule has 0 bridgehead atoms.